The second-order valence-corrected chi connectivity index (χ2v) is 10.9. The van der Waals surface area contributed by atoms with Gasteiger partial charge in [-0.3, -0.25) is 4.79 Å². The van der Waals surface area contributed by atoms with E-state index in [9.17, 15) is 20.1 Å². The average molecular weight is 485 g/mol. The number of ketones is 1. The number of hydrogen-bond donors (Lipinski definition) is 3. The van der Waals surface area contributed by atoms with Gasteiger partial charge in [0.05, 0.1) is 30.8 Å². The minimum absolute atomic E-state index is 0.00588. The average Bonchev–Trinajstić information content (AvgIpc) is 3.46. The summed E-state index contributed by atoms with van der Waals surface area (Å²) in [6.07, 6.45) is -3.64. The van der Waals surface area contributed by atoms with Crippen LogP contribution in [0.3, 0.4) is 0 Å². The smallest absolute Gasteiger partial charge is 0.207 e. The first-order valence-corrected chi connectivity index (χ1v) is 12.0. The second-order valence-electron chi connectivity index (χ2n) is 10.9. The highest BCUT2D eigenvalue weighted by molar-refractivity contribution is 6.13. The number of aryl methyl sites for hydroxylation is 1. The number of hydrogen-bond acceptors (Lipinski definition) is 9. The zero-order valence-electron chi connectivity index (χ0n) is 20.2. The Hall–Kier alpha value is -2.43. The Morgan fingerprint density at radius 3 is 2.51 bits per heavy atom. The van der Waals surface area contributed by atoms with Crippen LogP contribution in [-0.2, 0) is 14.2 Å². The van der Waals surface area contributed by atoms with Crippen molar-refractivity contribution in [1.82, 2.24) is 0 Å². The topological polar surface area (TPSA) is 127 Å². The third-order valence-electron chi connectivity index (χ3n) is 8.87. The number of fused-ring (bicyclic) bond motifs is 8. The van der Waals surface area contributed by atoms with Gasteiger partial charge in [-0.1, -0.05) is 13.8 Å². The van der Waals surface area contributed by atoms with Gasteiger partial charge in [0.1, 0.15) is 35.6 Å². The summed E-state index contributed by atoms with van der Waals surface area (Å²) in [4.78, 5) is 13.0. The fraction of sp³-hybridized carbons (Fsp3) is 0.577. The van der Waals surface area contributed by atoms with Crippen LogP contribution >= 0.6 is 0 Å². The number of Topliss-reactive ketones (excluding diaryl/α,β-unsaturated/α-hetero) is 1. The van der Waals surface area contributed by atoms with Crippen molar-refractivity contribution in [1.29, 1.82) is 0 Å². The van der Waals surface area contributed by atoms with Crippen molar-refractivity contribution in [2.45, 2.75) is 75.5 Å². The Labute approximate surface area is 201 Å². The molecule has 0 aromatic heterocycles. The number of aromatic hydroxyl groups is 1. The first-order valence-electron chi connectivity index (χ1n) is 12.0. The predicted molar refractivity (Wildman–Crippen MR) is 121 cm³/mol. The van der Waals surface area contributed by atoms with E-state index < -0.39 is 47.2 Å². The van der Waals surface area contributed by atoms with Gasteiger partial charge >= 0.3 is 0 Å². The van der Waals surface area contributed by atoms with Crippen LogP contribution in [0.15, 0.2) is 6.07 Å². The van der Waals surface area contributed by atoms with E-state index in [0.717, 1.165) is 11.1 Å². The Balaban J connectivity index is 1.56. The number of methoxy groups -OCH3 is 1. The number of phenols is 1. The molecule has 5 aliphatic rings. The molecule has 0 radical (unpaired) electrons. The molecular weight excluding hydrogens is 456 g/mol. The molecule has 2 aromatic carbocycles. The van der Waals surface area contributed by atoms with E-state index in [4.69, 9.17) is 23.7 Å². The zero-order valence-corrected chi connectivity index (χ0v) is 20.2. The van der Waals surface area contributed by atoms with Gasteiger partial charge in [0.15, 0.2) is 17.0 Å². The number of carbonyl (C=O) groups excluding carboxylic acids is 1. The Kier molecular flexibility index (Phi) is 3.91. The summed E-state index contributed by atoms with van der Waals surface area (Å²) in [5.41, 5.74) is -0.0777. The van der Waals surface area contributed by atoms with Crippen LogP contribution in [0, 0.1) is 12.8 Å². The lowest BCUT2D eigenvalue weighted by molar-refractivity contribution is -0.242. The van der Waals surface area contributed by atoms with Crippen LogP contribution in [0.2, 0.25) is 0 Å². The van der Waals surface area contributed by atoms with E-state index in [-0.39, 0.29) is 40.4 Å². The first kappa shape index (κ1) is 21.8. The van der Waals surface area contributed by atoms with Gasteiger partial charge in [-0.15, -0.1) is 0 Å². The maximum absolute atomic E-state index is 13.0. The largest absolute Gasteiger partial charge is 0.506 e. The molecule has 4 heterocycles. The lowest BCUT2D eigenvalue weighted by Gasteiger charge is -2.49. The lowest BCUT2D eigenvalue weighted by atomic mass is 9.71. The fourth-order valence-electron chi connectivity index (χ4n) is 7.14. The molecule has 1 aliphatic carbocycles. The van der Waals surface area contributed by atoms with Gasteiger partial charge in [0, 0.05) is 28.9 Å². The van der Waals surface area contributed by atoms with E-state index in [1.807, 2.05) is 33.8 Å². The summed E-state index contributed by atoms with van der Waals surface area (Å²) in [5, 5.41) is 33.3. The summed E-state index contributed by atoms with van der Waals surface area (Å²) in [6, 6.07) is 1.85. The van der Waals surface area contributed by atoms with E-state index in [1.165, 1.54) is 7.11 Å². The minimum Gasteiger partial charge on any atom is -0.506 e. The molecule has 2 aromatic rings. The van der Waals surface area contributed by atoms with Gasteiger partial charge in [-0.05, 0) is 25.5 Å². The number of epoxide rings is 1. The maximum Gasteiger partial charge on any atom is 0.207 e. The molecule has 186 valence electrons. The molecule has 4 aliphatic heterocycles. The molecule has 7 atom stereocenters. The van der Waals surface area contributed by atoms with Gasteiger partial charge in [-0.2, -0.15) is 0 Å². The van der Waals surface area contributed by atoms with Gasteiger partial charge in [0.2, 0.25) is 5.79 Å². The molecule has 35 heavy (non-hydrogen) atoms. The third kappa shape index (κ3) is 2.14. The molecular formula is C26H28O9. The summed E-state index contributed by atoms with van der Waals surface area (Å²) >= 11 is 0. The fourth-order valence-corrected chi connectivity index (χ4v) is 7.14. The normalized spacial score (nSPS) is 40.3. The Morgan fingerprint density at radius 2 is 1.89 bits per heavy atom. The molecule has 3 saturated heterocycles. The van der Waals surface area contributed by atoms with E-state index in [2.05, 4.69) is 0 Å². The van der Waals surface area contributed by atoms with E-state index >= 15 is 0 Å². The first-order chi connectivity index (χ1) is 16.5. The van der Waals surface area contributed by atoms with E-state index in [0.29, 0.717) is 17.7 Å². The number of benzene rings is 2. The molecule has 3 fully saturated rings. The van der Waals surface area contributed by atoms with Crippen LogP contribution in [0.4, 0.5) is 0 Å². The monoisotopic (exact) mass is 484 g/mol. The van der Waals surface area contributed by atoms with Crippen molar-refractivity contribution in [3.8, 4) is 17.2 Å². The van der Waals surface area contributed by atoms with Crippen molar-refractivity contribution in [2.24, 2.45) is 5.92 Å². The highest BCUT2D eigenvalue weighted by atomic mass is 16.8. The van der Waals surface area contributed by atoms with Crippen molar-refractivity contribution >= 4 is 16.6 Å². The summed E-state index contributed by atoms with van der Waals surface area (Å²) < 4.78 is 31.7. The van der Waals surface area contributed by atoms with Gasteiger partial charge in [-0.25, -0.2) is 0 Å². The van der Waals surface area contributed by atoms with Gasteiger partial charge in [0.25, 0.3) is 0 Å². The molecule has 3 N–H and O–H groups in total. The molecule has 0 unspecified atom stereocenters. The zero-order chi connectivity index (χ0) is 24.8. The number of ether oxygens (including phenoxy) is 5. The minimum atomic E-state index is -1.43. The Morgan fingerprint density at radius 1 is 1.17 bits per heavy atom. The van der Waals surface area contributed by atoms with Crippen molar-refractivity contribution < 1.29 is 43.8 Å². The molecule has 7 rings (SSSR count). The summed E-state index contributed by atoms with van der Waals surface area (Å²) in [6.45, 7) is 8.37. The maximum atomic E-state index is 13.0. The number of rotatable bonds is 2. The van der Waals surface area contributed by atoms with Crippen LogP contribution < -0.4 is 9.47 Å². The quantitative estimate of drug-likeness (QED) is 0.551. The van der Waals surface area contributed by atoms with E-state index in [1.54, 1.807) is 0 Å². The van der Waals surface area contributed by atoms with Crippen LogP contribution in [0.25, 0.3) is 10.8 Å². The molecule has 1 spiro atoms. The van der Waals surface area contributed by atoms with Crippen molar-refractivity contribution in [3.05, 3.63) is 28.3 Å². The summed E-state index contributed by atoms with van der Waals surface area (Å²) in [5.74, 6) is -1.31. The number of aliphatic hydroxyl groups is 2. The Bertz CT molecular complexity index is 1340. The SMILES string of the molecule is COc1c2c(c(O)c3c4c(c(C)cc13)[C@@H]1O[C@@]3(C(C)C)O[C@H]1[C@](C)(O4)[C@]31CO1)C(=O)[C@@H](O)C[C@@H]2O. The van der Waals surface area contributed by atoms with Crippen LogP contribution in [0.5, 0.6) is 17.2 Å². The molecule has 0 amide bonds. The van der Waals surface area contributed by atoms with Crippen molar-refractivity contribution in [2.75, 3.05) is 13.7 Å². The van der Waals surface area contributed by atoms with Crippen LogP contribution in [0.1, 0.15) is 66.4 Å². The lowest BCUT2D eigenvalue weighted by Crippen LogP contribution is -2.65. The third-order valence-corrected chi connectivity index (χ3v) is 8.87. The van der Waals surface area contributed by atoms with Crippen molar-refractivity contribution in [3.63, 3.8) is 0 Å². The van der Waals surface area contributed by atoms with Crippen LogP contribution in [-0.4, -0.2) is 64.0 Å². The molecule has 9 nitrogen and oxygen atoms in total. The number of carbonyl (C=O) groups is 1. The highest BCUT2D eigenvalue weighted by Crippen LogP contribution is 2.72. The number of phenolic OH excluding ortho intramolecular Hbond substituents is 1. The highest BCUT2D eigenvalue weighted by Gasteiger charge is 2.88. The molecule has 0 saturated carbocycles. The summed E-state index contributed by atoms with van der Waals surface area (Å²) in [7, 11) is 1.45. The molecule has 2 bridgehead atoms. The number of aliphatic hydroxyl groups excluding tert-OH is 2. The standard InChI is InChI=1S/C26H28O9/c1-9(2)26-25(8-32-25)24(4)23(35-26)22(34-26)14-10(3)6-11-15(21(14)33-24)19(30)17-16(20(11)31-5)12(27)7-13(28)18(17)29/h6,9,12-13,22-23,27-28,30H,7-8H2,1-5H3/t12-,13-,22-,23+,24-,25+,26-/m0/s1. The second kappa shape index (κ2) is 6.27. The van der Waals surface area contributed by atoms with Gasteiger partial charge < -0.3 is 39.0 Å². The predicted octanol–water partition coefficient (Wildman–Crippen LogP) is 2.59. The molecule has 9 heteroatoms.